The molecule has 1 aromatic carbocycles. The number of nitrogens with one attached hydrogen (secondary N) is 2. The van der Waals surface area contributed by atoms with Crippen LogP contribution in [0.4, 0.5) is 0 Å². The molecule has 140 valence electrons. The number of hydrogen-bond donors (Lipinski definition) is 2. The standard InChI is InChI=1S/C21H22N2OS3/c24-20(22-10-14-25-16-5-2-1-3-6-16)15-23-11-8-18-17(9-13-27-18)21(23)19-7-4-12-26-19/h1-7,9,12-13,21H,8,10-11,14-15H2,(H,22,24)/p+1/t21-/m1/s1. The third-order valence-corrected chi connectivity index (χ3v) is 7.77. The Morgan fingerprint density at radius 1 is 1.11 bits per heavy atom. The van der Waals surface area contributed by atoms with Gasteiger partial charge >= 0.3 is 0 Å². The minimum absolute atomic E-state index is 0.152. The van der Waals surface area contributed by atoms with Crippen molar-refractivity contribution in [1.29, 1.82) is 0 Å². The molecule has 4 rings (SSSR count). The van der Waals surface area contributed by atoms with Gasteiger partial charge in [0, 0.05) is 34.1 Å². The number of carbonyl (C=O) groups excluding carboxylic acids is 1. The van der Waals surface area contributed by atoms with Gasteiger partial charge in [-0.25, -0.2) is 0 Å². The predicted octanol–water partition coefficient (Wildman–Crippen LogP) is 3.25. The molecule has 0 saturated heterocycles. The molecule has 3 aromatic rings. The number of quaternary nitrogens is 1. The van der Waals surface area contributed by atoms with E-state index in [1.165, 1.54) is 25.1 Å². The van der Waals surface area contributed by atoms with Crippen LogP contribution in [0.25, 0.3) is 0 Å². The van der Waals surface area contributed by atoms with Gasteiger partial charge in [0.05, 0.1) is 11.4 Å². The fraction of sp³-hybridized carbons (Fsp3) is 0.286. The van der Waals surface area contributed by atoms with Crippen molar-refractivity contribution in [1.82, 2.24) is 5.32 Å². The molecule has 6 heteroatoms. The van der Waals surface area contributed by atoms with Gasteiger partial charge in [-0.15, -0.1) is 34.4 Å². The summed E-state index contributed by atoms with van der Waals surface area (Å²) in [5, 5.41) is 7.43. The summed E-state index contributed by atoms with van der Waals surface area (Å²) in [7, 11) is 0. The Labute approximate surface area is 172 Å². The molecular weight excluding hydrogens is 392 g/mol. The van der Waals surface area contributed by atoms with Crippen molar-refractivity contribution >= 4 is 40.3 Å². The summed E-state index contributed by atoms with van der Waals surface area (Å²) in [5.41, 5.74) is 1.41. The Morgan fingerprint density at radius 2 is 2.00 bits per heavy atom. The lowest BCUT2D eigenvalue weighted by Crippen LogP contribution is -3.14. The minimum atomic E-state index is 0.152. The van der Waals surface area contributed by atoms with E-state index in [1.807, 2.05) is 29.5 Å². The van der Waals surface area contributed by atoms with Crippen molar-refractivity contribution in [2.75, 3.05) is 25.4 Å². The number of fused-ring (bicyclic) bond motifs is 1. The smallest absolute Gasteiger partial charge is 0.275 e. The SMILES string of the molecule is O=C(C[NH+]1CCc2sccc2[C@@H]1c1cccs1)NCCSc1ccccc1. The van der Waals surface area contributed by atoms with Gasteiger partial charge in [-0.1, -0.05) is 24.3 Å². The van der Waals surface area contributed by atoms with Gasteiger partial charge in [0.25, 0.3) is 5.91 Å². The Bertz CT molecular complexity index is 861. The molecule has 0 aliphatic carbocycles. The zero-order chi connectivity index (χ0) is 18.5. The van der Waals surface area contributed by atoms with Crippen LogP contribution < -0.4 is 10.2 Å². The molecule has 0 spiro atoms. The van der Waals surface area contributed by atoms with Crippen molar-refractivity contribution in [3.8, 4) is 0 Å². The first-order valence-electron chi connectivity index (χ1n) is 9.20. The number of rotatable bonds is 7. The number of benzene rings is 1. The number of carbonyl (C=O) groups is 1. The molecular formula is C21H23N2OS3+. The zero-order valence-electron chi connectivity index (χ0n) is 15.0. The highest BCUT2D eigenvalue weighted by Gasteiger charge is 2.34. The molecule has 0 saturated carbocycles. The maximum atomic E-state index is 12.6. The summed E-state index contributed by atoms with van der Waals surface area (Å²) in [6.45, 7) is 2.26. The van der Waals surface area contributed by atoms with Crippen molar-refractivity contribution in [3.05, 3.63) is 74.6 Å². The molecule has 3 heterocycles. The summed E-state index contributed by atoms with van der Waals surface area (Å²) in [4.78, 5) is 18.0. The van der Waals surface area contributed by atoms with E-state index in [-0.39, 0.29) is 5.91 Å². The van der Waals surface area contributed by atoms with Gasteiger partial charge in [0.1, 0.15) is 6.04 Å². The summed E-state index contributed by atoms with van der Waals surface area (Å²) >= 11 is 5.43. The molecule has 1 amide bonds. The molecule has 2 aromatic heterocycles. The minimum Gasteiger partial charge on any atom is -0.350 e. The van der Waals surface area contributed by atoms with Crippen molar-refractivity contribution < 1.29 is 9.69 Å². The maximum absolute atomic E-state index is 12.6. The van der Waals surface area contributed by atoms with Gasteiger partial charge < -0.3 is 10.2 Å². The summed E-state index contributed by atoms with van der Waals surface area (Å²) in [5.74, 6) is 1.05. The van der Waals surface area contributed by atoms with E-state index >= 15 is 0 Å². The Kier molecular flexibility index (Phi) is 6.29. The third kappa shape index (κ3) is 4.63. The fourth-order valence-corrected chi connectivity index (χ4v) is 6.21. The molecule has 1 aliphatic rings. The Morgan fingerprint density at radius 3 is 2.81 bits per heavy atom. The quantitative estimate of drug-likeness (QED) is 0.459. The predicted molar refractivity (Wildman–Crippen MR) is 115 cm³/mol. The summed E-state index contributed by atoms with van der Waals surface area (Å²) in [6.07, 6.45) is 1.07. The van der Waals surface area contributed by atoms with Gasteiger partial charge in [-0.2, -0.15) is 0 Å². The number of amides is 1. The number of hydrogen-bond acceptors (Lipinski definition) is 4. The average Bonchev–Trinajstić information content (AvgIpc) is 3.38. The first kappa shape index (κ1) is 18.7. The fourth-order valence-electron chi connectivity index (χ4n) is 3.59. The highest BCUT2D eigenvalue weighted by molar-refractivity contribution is 7.99. The second-order valence-corrected chi connectivity index (χ2v) is 9.74. The highest BCUT2D eigenvalue weighted by Crippen LogP contribution is 2.31. The van der Waals surface area contributed by atoms with Crippen LogP contribution in [-0.2, 0) is 11.2 Å². The molecule has 0 bridgehead atoms. The summed E-state index contributed by atoms with van der Waals surface area (Å²) in [6, 6.07) is 17.2. The van der Waals surface area contributed by atoms with Crippen LogP contribution in [0.5, 0.6) is 0 Å². The van der Waals surface area contributed by atoms with E-state index in [2.05, 4.69) is 46.4 Å². The maximum Gasteiger partial charge on any atom is 0.275 e. The van der Waals surface area contributed by atoms with Crippen LogP contribution in [-0.4, -0.2) is 31.3 Å². The molecule has 0 fully saturated rings. The first-order valence-corrected chi connectivity index (χ1v) is 11.9. The van der Waals surface area contributed by atoms with Crippen molar-refractivity contribution in [2.24, 2.45) is 0 Å². The largest absolute Gasteiger partial charge is 0.350 e. The second-order valence-electron chi connectivity index (χ2n) is 6.59. The molecule has 2 N–H and O–H groups in total. The van der Waals surface area contributed by atoms with E-state index in [0.717, 1.165) is 18.7 Å². The van der Waals surface area contributed by atoms with Crippen LogP contribution >= 0.6 is 34.4 Å². The Hall–Kier alpha value is -1.60. The zero-order valence-corrected chi connectivity index (χ0v) is 17.5. The molecule has 3 nitrogen and oxygen atoms in total. The van der Waals surface area contributed by atoms with Gasteiger partial charge in [0.15, 0.2) is 6.54 Å². The first-order chi connectivity index (χ1) is 13.3. The van der Waals surface area contributed by atoms with Crippen molar-refractivity contribution in [3.63, 3.8) is 0 Å². The van der Waals surface area contributed by atoms with Gasteiger partial charge in [-0.05, 0) is 35.0 Å². The van der Waals surface area contributed by atoms with Gasteiger partial charge in [0.2, 0.25) is 0 Å². The van der Waals surface area contributed by atoms with Crippen LogP contribution in [0.15, 0.2) is 64.2 Å². The average molecular weight is 416 g/mol. The van der Waals surface area contributed by atoms with E-state index in [0.29, 0.717) is 19.1 Å². The molecule has 1 unspecified atom stereocenters. The monoisotopic (exact) mass is 415 g/mol. The number of thioether (sulfide) groups is 1. The van der Waals surface area contributed by atoms with Crippen LogP contribution in [0.2, 0.25) is 0 Å². The lowest BCUT2D eigenvalue weighted by Gasteiger charge is -2.31. The van der Waals surface area contributed by atoms with E-state index in [4.69, 9.17) is 0 Å². The number of thiophene rings is 2. The topological polar surface area (TPSA) is 33.5 Å². The van der Waals surface area contributed by atoms with Crippen LogP contribution in [0.3, 0.4) is 0 Å². The third-order valence-electron chi connectivity index (χ3n) is 4.82. The molecule has 0 radical (unpaired) electrons. The van der Waals surface area contributed by atoms with Crippen molar-refractivity contribution in [2.45, 2.75) is 17.4 Å². The van der Waals surface area contributed by atoms with Crippen LogP contribution in [0, 0.1) is 0 Å². The molecule has 1 aliphatic heterocycles. The molecule has 27 heavy (non-hydrogen) atoms. The van der Waals surface area contributed by atoms with E-state index in [1.54, 1.807) is 23.1 Å². The lowest BCUT2D eigenvalue weighted by molar-refractivity contribution is -0.919. The second kappa shape index (κ2) is 9.06. The van der Waals surface area contributed by atoms with E-state index < -0.39 is 0 Å². The summed E-state index contributed by atoms with van der Waals surface area (Å²) < 4.78 is 0. The Balaban J connectivity index is 1.33. The van der Waals surface area contributed by atoms with Gasteiger partial charge in [-0.3, -0.25) is 4.79 Å². The lowest BCUT2D eigenvalue weighted by atomic mass is 9.98. The highest BCUT2D eigenvalue weighted by atomic mass is 32.2. The molecule has 2 atom stereocenters. The van der Waals surface area contributed by atoms with Crippen LogP contribution in [0.1, 0.15) is 21.4 Å². The van der Waals surface area contributed by atoms with E-state index in [9.17, 15) is 4.79 Å². The normalized spacial score (nSPS) is 18.8.